The van der Waals surface area contributed by atoms with Crippen LogP contribution in [0.2, 0.25) is 0 Å². The molecule has 0 aliphatic heterocycles. The van der Waals surface area contributed by atoms with Crippen molar-refractivity contribution in [1.29, 1.82) is 0 Å². The van der Waals surface area contributed by atoms with Crippen LogP contribution in [-0.4, -0.2) is 23.1 Å². The molecule has 3 aromatic rings. The number of hydrogen-bond acceptors (Lipinski definition) is 5. The van der Waals surface area contributed by atoms with E-state index in [-0.39, 0.29) is 6.10 Å². The minimum atomic E-state index is 0.0868. The van der Waals surface area contributed by atoms with Gasteiger partial charge in [0.05, 0.1) is 26.0 Å². The Morgan fingerprint density at radius 3 is 2.52 bits per heavy atom. The molecule has 0 fully saturated rings. The number of pyridine rings is 1. The first-order chi connectivity index (χ1) is 13.1. The summed E-state index contributed by atoms with van der Waals surface area (Å²) in [5, 5.41) is 0. The maximum absolute atomic E-state index is 5.91. The lowest BCUT2D eigenvalue weighted by molar-refractivity contribution is 0.220. The second kappa shape index (κ2) is 9.24. The zero-order valence-corrected chi connectivity index (χ0v) is 16.1. The van der Waals surface area contributed by atoms with Gasteiger partial charge in [-0.1, -0.05) is 12.1 Å². The molecule has 0 N–H and O–H groups in total. The zero-order valence-electron chi connectivity index (χ0n) is 16.1. The fourth-order valence-electron chi connectivity index (χ4n) is 2.96. The maximum atomic E-state index is 5.91. The Morgan fingerprint density at radius 1 is 1.00 bits per heavy atom. The average Bonchev–Trinajstić information content (AvgIpc) is 3.15. The van der Waals surface area contributed by atoms with Gasteiger partial charge in [0.2, 0.25) is 0 Å². The quantitative estimate of drug-likeness (QED) is 0.551. The molecule has 0 aliphatic carbocycles. The SMILES string of the molecule is COc1ccc(CN(Cc2cccnc2)Cc2ccco2)cc1OC(C)C. The Bertz CT molecular complexity index is 817. The van der Waals surface area contributed by atoms with E-state index in [0.717, 1.165) is 41.5 Å². The first-order valence-electron chi connectivity index (χ1n) is 9.11. The molecule has 0 unspecified atom stereocenters. The van der Waals surface area contributed by atoms with Crippen LogP contribution in [0.1, 0.15) is 30.7 Å². The molecule has 0 aliphatic rings. The third-order valence-corrected chi connectivity index (χ3v) is 4.09. The van der Waals surface area contributed by atoms with Crippen LogP contribution in [0, 0.1) is 0 Å². The van der Waals surface area contributed by atoms with Gasteiger partial charge in [-0.2, -0.15) is 0 Å². The van der Waals surface area contributed by atoms with Gasteiger partial charge in [-0.25, -0.2) is 0 Å². The average molecular weight is 366 g/mol. The maximum Gasteiger partial charge on any atom is 0.161 e. The minimum absolute atomic E-state index is 0.0868. The largest absolute Gasteiger partial charge is 0.493 e. The highest BCUT2D eigenvalue weighted by atomic mass is 16.5. The lowest BCUT2D eigenvalue weighted by atomic mass is 10.1. The number of benzene rings is 1. The number of aromatic nitrogens is 1. The molecule has 0 bridgehead atoms. The summed E-state index contributed by atoms with van der Waals surface area (Å²) in [6, 6.07) is 14.0. The van der Waals surface area contributed by atoms with E-state index in [9.17, 15) is 0 Å². The fraction of sp³-hybridized carbons (Fsp3) is 0.318. The van der Waals surface area contributed by atoms with Crippen molar-refractivity contribution in [3.05, 3.63) is 78.0 Å². The highest BCUT2D eigenvalue weighted by molar-refractivity contribution is 5.43. The van der Waals surface area contributed by atoms with Crippen molar-refractivity contribution >= 4 is 0 Å². The molecule has 27 heavy (non-hydrogen) atoms. The van der Waals surface area contributed by atoms with Crippen molar-refractivity contribution in [3.63, 3.8) is 0 Å². The molecule has 0 radical (unpaired) electrons. The van der Waals surface area contributed by atoms with Crippen molar-refractivity contribution in [2.45, 2.75) is 39.6 Å². The smallest absolute Gasteiger partial charge is 0.161 e. The molecule has 0 amide bonds. The van der Waals surface area contributed by atoms with Crippen LogP contribution >= 0.6 is 0 Å². The molecule has 3 rings (SSSR count). The molecular weight excluding hydrogens is 340 g/mol. The number of rotatable bonds is 9. The minimum Gasteiger partial charge on any atom is -0.493 e. The molecule has 142 valence electrons. The van der Waals surface area contributed by atoms with Crippen LogP contribution in [0.3, 0.4) is 0 Å². The van der Waals surface area contributed by atoms with Gasteiger partial charge in [0.1, 0.15) is 5.76 Å². The molecule has 0 saturated carbocycles. The normalized spacial score (nSPS) is 11.1. The Balaban J connectivity index is 1.80. The molecule has 5 heteroatoms. The van der Waals surface area contributed by atoms with Gasteiger partial charge in [-0.05, 0) is 55.3 Å². The molecule has 0 atom stereocenters. The van der Waals surface area contributed by atoms with Crippen LogP contribution < -0.4 is 9.47 Å². The lowest BCUT2D eigenvalue weighted by Gasteiger charge is -2.22. The van der Waals surface area contributed by atoms with Gasteiger partial charge in [0.15, 0.2) is 11.5 Å². The van der Waals surface area contributed by atoms with E-state index in [1.807, 2.05) is 44.3 Å². The second-order valence-corrected chi connectivity index (χ2v) is 6.74. The predicted octanol–water partition coefficient (Wildman–Crippen LogP) is 4.67. The van der Waals surface area contributed by atoms with Crippen molar-refractivity contribution in [2.24, 2.45) is 0 Å². The number of furan rings is 1. The van der Waals surface area contributed by atoms with Gasteiger partial charge in [-0.15, -0.1) is 0 Å². The summed E-state index contributed by atoms with van der Waals surface area (Å²) in [7, 11) is 1.66. The third-order valence-electron chi connectivity index (χ3n) is 4.09. The first-order valence-corrected chi connectivity index (χ1v) is 9.11. The van der Waals surface area contributed by atoms with Crippen molar-refractivity contribution in [3.8, 4) is 11.5 Å². The predicted molar refractivity (Wildman–Crippen MR) is 105 cm³/mol. The number of nitrogens with zero attached hydrogens (tertiary/aromatic N) is 2. The fourth-order valence-corrected chi connectivity index (χ4v) is 2.96. The summed E-state index contributed by atoms with van der Waals surface area (Å²) in [5.74, 6) is 2.45. The van der Waals surface area contributed by atoms with Crippen LogP contribution in [0.4, 0.5) is 0 Å². The molecule has 1 aromatic carbocycles. The Morgan fingerprint density at radius 2 is 1.85 bits per heavy atom. The van der Waals surface area contributed by atoms with Gasteiger partial charge >= 0.3 is 0 Å². The monoisotopic (exact) mass is 366 g/mol. The van der Waals surface area contributed by atoms with Gasteiger partial charge in [-0.3, -0.25) is 9.88 Å². The Hall–Kier alpha value is -2.79. The summed E-state index contributed by atoms with van der Waals surface area (Å²) in [5.41, 5.74) is 2.32. The van der Waals surface area contributed by atoms with Crippen molar-refractivity contribution in [1.82, 2.24) is 9.88 Å². The summed E-state index contributed by atoms with van der Waals surface area (Å²) in [6.45, 7) is 6.28. The number of methoxy groups -OCH3 is 1. The Labute approximate surface area is 160 Å². The van der Waals surface area contributed by atoms with Crippen LogP contribution in [0.15, 0.2) is 65.5 Å². The zero-order chi connectivity index (χ0) is 19.1. The number of ether oxygens (including phenoxy) is 2. The summed E-state index contributed by atoms with van der Waals surface area (Å²) >= 11 is 0. The third kappa shape index (κ3) is 5.59. The molecule has 0 saturated heterocycles. The van der Waals surface area contributed by atoms with E-state index in [1.54, 1.807) is 19.6 Å². The van der Waals surface area contributed by atoms with E-state index >= 15 is 0 Å². The van der Waals surface area contributed by atoms with Crippen molar-refractivity contribution in [2.75, 3.05) is 7.11 Å². The van der Waals surface area contributed by atoms with Crippen LogP contribution in [0.25, 0.3) is 0 Å². The standard InChI is InChI=1S/C22H26N2O3/c1-17(2)27-22-12-18(8-9-21(22)25-3)14-24(16-20-7-5-11-26-20)15-19-6-4-10-23-13-19/h4-13,17H,14-16H2,1-3H3. The van der Waals surface area contributed by atoms with Crippen molar-refractivity contribution < 1.29 is 13.9 Å². The van der Waals surface area contributed by atoms with E-state index in [2.05, 4.69) is 28.1 Å². The molecule has 5 nitrogen and oxygen atoms in total. The molecule has 2 aromatic heterocycles. The van der Waals surface area contributed by atoms with Crippen LogP contribution in [-0.2, 0) is 19.6 Å². The highest BCUT2D eigenvalue weighted by Crippen LogP contribution is 2.30. The second-order valence-electron chi connectivity index (χ2n) is 6.74. The first kappa shape index (κ1) is 19.0. The highest BCUT2D eigenvalue weighted by Gasteiger charge is 2.13. The number of hydrogen-bond donors (Lipinski definition) is 0. The van der Waals surface area contributed by atoms with Gasteiger partial charge < -0.3 is 13.9 Å². The molecule has 0 spiro atoms. The van der Waals surface area contributed by atoms with Gasteiger partial charge in [0, 0.05) is 25.5 Å². The van der Waals surface area contributed by atoms with Crippen LogP contribution in [0.5, 0.6) is 11.5 Å². The summed E-state index contributed by atoms with van der Waals surface area (Å²) < 4.78 is 16.9. The van der Waals surface area contributed by atoms with E-state index < -0.39 is 0 Å². The van der Waals surface area contributed by atoms with E-state index in [4.69, 9.17) is 13.9 Å². The van der Waals surface area contributed by atoms with E-state index in [0.29, 0.717) is 6.54 Å². The topological polar surface area (TPSA) is 47.7 Å². The molecular formula is C22H26N2O3. The van der Waals surface area contributed by atoms with Gasteiger partial charge in [0.25, 0.3) is 0 Å². The summed E-state index contributed by atoms with van der Waals surface area (Å²) in [6.07, 6.45) is 5.49. The lowest BCUT2D eigenvalue weighted by Crippen LogP contribution is -2.22. The van der Waals surface area contributed by atoms with E-state index in [1.165, 1.54) is 0 Å². The Kier molecular flexibility index (Phi) is 6.49. The summed E-state index contributed by atoms with van der Waals surface area (Å²) in [4.78, 5) is 6.54. The molecule has 2 heterocycles.